The molecule has 0 unspecified atom stereocenters. The van der Waals surface area contributed by atoms with Crippen LogP contribution in [0.2, 0.25) is 0 Å². The molecule has 0 saturated carbocycles. The van der Waals surface area contributed by atoms with Gasteiger partial charge in [0.15, 0.2) is 0 Å². The van der Waals surface area contributed by atoms with Gasteiger partial charge < -0.3 is 9.84 Å². The zero-order valence-corrected chi connectivity index (χ0v) is 8.80. The van der Waals surface area contributed by atoms with Crippen molar-refractivity contribution in [3.63, 3.8) is 0 Å². The molecule has 0 atom stereocenters. The van der Waals surface area contributed by atoms with Crippen LogP contribution in [0, 0.1) is 5.41 Å². The Morgan fingerprint density at radius 1 is 1.38 bits per heavy atom. The highest BCUT2D eigenvalue weighted by Gasteiger charge is 2.28. The second kappa shape index (κ2) is 5.97. The largest absolute Gasteiger partial charge is 0.481 e. The van der Waals surface area contributed by atoms with Crippen LogP contribution in [0.25, 0.3) is 0 Å². The summed E-state index contributed by atoms with van der Waals surface area (Å²) in [5, 5.41) is 8.77. The standard InChI is InChI=1S/C10H20O3/c1-4-10(5-2,6-7-13-3)8-9(11)12/h4-8H2,1-3H3,(H,11,12). The van der Waals surface area contributed by atoms with Crippen molar-refractivity contribution in [1.82, 2.24) is 0 Å². The van der Waals surface area contributed by atoms with E-state index in [0.29, 0.717) is 6.61 Å². The number of hydrogen-bond donors (Lipinski definition) is 1. The Labute approximate surface area is 80.1 Å². The van der Waals surface area contributed by atoms with E-state index in [1.165, 1.54) is 0 Å². The van der Waals surface area contributed by atoms with Crippen LogP contribution >= 0.6 is 0 Å². The van der Waals surface area contributed by atoms with Gasteiger partial charge in [-0.25, -0.2) is 0 Å². The van der Waals surface area contributed by atoms with E-state index in [4.69, 9.17) is 9.84 Å². The number of carbonyl (C=O) groups is 1. The molecular formula is C10H20O3. The molecule has 0 amide bonds. The molecule has 0 saturated heterocycles. The number of carboxylic acid groups (broad SMARTS) is 1. The first-order valence-corrected chi connectivity index (χ1v) is 4.81. The molecule has 0 heterocycles. The van der Waals surface area contributed by atoms with E-state index in [2.05, 4.69) is 0 Å². The molecule has 0 radical (unpaired) electrons. The van der Waals surface area contributed by atoms with Gasteiger partial charge in [0.1, 0.15) is 0 Å². The number of carboxylic acids is 1. The molecule has 0 bridgehead atoms. The summed E-state index contributed by atoms with van der Waals surface area (Å²) in [4.78, 5) is 10.7. The maximum absolute atomic E-state index is 10.7. The third kappa shape index (κ3) is 4.27. The summed E-state index contributed by atoms with van der Waals surface area (Å²) >= 11 is 0. The van der Waals surface area contributed by atoms with Gasteiger partial charge in [0.2, 0.25) is 0 Å². The van der Waals surface area contributed by atoms with Crippen LogP contribution in [-0.4, -0.2) is 24.8 Å². The molecule has 0 spiro atoms. The Hall–Kier alpha value is -0.570. The number of methoxy groups -OCH3 is 1. The van der Waals surface area contributed by atoms with Gasteiger partial charge in [0, 0.05) is 13.7 Å². The molecule has 0 aromatic rings. The van der Waals surface area contributed by atoms with Crippen molar-refractivity contribution < 1.29 is 14.6 Å². The van der Waals surface area contributed by atoms with Crippen molar-refractivity contribution in [1.29, 1.82) is 0 Å². The second-order valence-electron chi connectivity index (χ2n) is 3.52. The SMILES string of the molecule is CCC(CC)(CCOC)CC(=O)O. The van der Waals surface area contributed by atoms with E-state index in [9.17, 15) is 4.79 Å². The minimum absolute atomic E-state index is 0.0676. The summed E-state index contributed by atoms with van der Waals surface area (Å²) in [5.41, 5.74) is -0.0676. The van der Waals surface area contributed by atoms with E-state index in [-0.39, 0.29) is 11.8 Å². The Morgan fingerprint density at radius 2 is 1.92 bits per heavy atom. The van der Waals surface area contributed by atoms with Crippen molar-refractivity contribution >= 4 is 5.97 Å². The number of rotatable bonds is 7. The summed E-state index contributed by atoms with van der Waals surface area (Å²) in [5.74, 6) is -0.709. The molecule has 0 rings (SSSR count). The van der Waals surface area contributed by atoms with Crippen LogP contribution in [0.3, 0.4) is 0 Å². The normalized spacial score (nSPS) is 11.6. The van der Waals surface area contributed by atoms with Crippen LogP contribution in [-0.2, 0) is 9.53 Å². The van der Waals surface area contributed by atoms with Gasteiger partial charge in [0.25, 0.3) is 0 Å². The molecule has 0 aromatic carbocycles. The predicted octanol–water partition coefficient (Wildman–Crippen LogP) is 2.30. The maximum atomic E-state index is 10.7. The van der Waals surface area contributed by atoms with Crippen LogP contribution < -0.4 is 0 Å². The second-order valence-corrected chi connectivity index (χ2v) is 3.52. The van der Waals surface area contributed by atoms with Crippen molar-refractivity contribution in [3.05, 3.63) is 0 Å². The molecule has 3 nitrogen and oxygen atoms in total. The lowest BCUT2D eigenvalue weighted by atomic mass is 9.76. The number of hydrogen-bond acceptors (Lipinski definition) is 2. The van der Waals surface area contributed by atoms with Gasteiger partial charge in [-0.3, -0.25) is 4.79 Å². The monoisotopic (exact) mass is 188 g/mol. The smallest absolute Gasteiger partial charge is 0.303 e. The zero-order chi connectivity index (χ0) is 10.3. The van der Waals surface area contributed by atoms with Crippen LogP contribution in [0.1, 0.15) is 39.5 Å². The molecule has 0 aliphatic rings. The average molecular weight is 188 g/mol. The highest BCUT2D eigenvalue weighted by Crippen LogP contribution is 2.34. The van der Waals surface area contributed by atoms with Crippen LogP contribution in [0.5, 0.6) is 0 Å². The predicted molar refractivity (Wildman–Crippen MR) is 51.8 cm³/mol. The highest BCUT2D eigenvalue weighted by atomic mass is 16.5. The number of ether oxygens (including phenoxy) is 1. The topological polar surface area (TPSA) is 46.5 Å². The Balaban J connectivity index is 4.21. The van der Waals surface area contributed by atoms with Crippen molar-refractivity contribution in [2.75, 3.05) is 13.7 Å². The molecule has 3 heteroatoms. The lowest BCUT2D eigenvalue weighted by Crippen LogP contribution is -2.24. The minimum atomic E-state index is -0.709. The fraction of sp³-hybridized carbons (Fsp3) is 0.900. The molecule has 0 aromatic heterocycles. The first-order valence-electron chi connectivity index (χ1n) is 4.81. The fourth-order valence-electron chi connectivity index (χ4n) is 1.58. The molecule has 0 aliphatic heterocycles. The summed E-state index contributed by atoms with van der Waals surface area (Å²) < 4.78 is 4.99. The van der Waals surface area contributed by atoms with E-state index < -0.39 is 5.97 Å². The van der Waals surface area contributed by atoms with Gasteiger partial charge in [-0.05, 0) is 24.7 Å². The molecule has 13 heavy (non-hydrogen) atoms. The lowest BCUT2D eigenvalue weighted by molar-refractivity contribution is -0.140. The van der Waals surface area contributed by atoms with Gasteiger partial charge in [-0.2, -0.15) is 0 Å². The third-order valence-corrected chi connectivity index (χ3v) is 2.86. The summed E-state index contributed by atoms with van der Waals surface area (Å²) in [6.45, 7) is 4.74. The van der Waals surface area contributed by atoms with E-state index in [0.717, 1.165) is 19.3 Å². The Kier molecular flexibility index (Phi) is 5.71. The van der Waals surface area contributed by atoms with Crippen LogP contribution in [0.15, 0.2) is 0 Å². The van der Waals surface area contributed by atoms with Crippen molar-refractivity contribution in [3.8, 4) is 0 Å². The molecule has 78 valence electrons. The molecule has 0 fully saturated rings. The third-order valence-electron chi connectivity index (χ3n) is 2.86. The van der Waals surface area contributed by atoms with E-state index in [1.807, 2.05) is 13.8 Å². The minimum Gasteiger partial charge on any atom is -0.481 e. The fourth-order valence-corrected chi connectivity index (χ4v) is 1.58. The van der Waals surface area contributed by atoms with Gasteiger partial charge in [0.05, 0.1) is 6.42 Å². The zero-order valence-electron chi connectivity index (χ0n) is 8.80. The summed E-state index contributed by atoms with van der Waals surface area (Å²) in [7, 11) is 1.65. The van der Waals surface area contributed by atoms with Crippen molar-refractivity contribution in [2.45, 2.75) is 39.5 Å². The summed E-state index contributed by atoms with van der Waals surface area (Å²) in [6, 6.07) is 0. The van der Waals surface area contributed by atoms with E-state index >= 15 is 0 Å². The molecule has 0 aliphatic carbocycles. The lowest BCUT2D eigenvalue weighted by Gasteiger charge is -2.29. The van der Waals surface area contributed by atoms with Gasteiger partial charge in [-0.1, -0.05) is 13.8 Å². The quantitative estimate of drug-likeness (QED) is 0.666. The maximum Gasteiger partial charge on any atom is 0.303 e. The Morgan fingerprint density at radius 3 is 2.23 bits per heavy atom. The highest BCUT2D eigenvalue weighted by molar-refractivity contribution is 5.67. The Bertz CT molecular complexity index is 150. The molecule has 1 N–H and O–H groups in total. The van der Waals surface area contributed by atoms with Crippen LogP contribution in [0.4, 0.5) is 0 Å². The van der Waals surface area contributed by atoms with Gasteiger partial charge in [-0.15, -0.1) is 0 Å². The summed E-state index contributed by atoms with van der Waals surface area (Å²) in [6.07, 6.45) is 2.89. The first-order chi connectivity index (χ1) is 6.10. The van der Waals surface area contributed by atoms with Gasteiger partial charge >= 0.3 is 5.97 Å². The number of aliphatic carboxylic acids is 1. The first kappa shape index (κ1) is 12.4. The average Bonchev–Trinajstić information content (AvgIpc) is 2.12. The van der Waals surface area contributed by atoms with E-state index in [1.54, 1.807) is 7.11 Å². The molecular weight excluding hydrogens is 168 g/mol. The van der Waals surface area contributed by atoms with Crippen molar-refractivity contribution in [2.24, 2.45) is 5.41 Å².